The summed E-state index contributed by atoms with van der Waals surface area (Å²) in [5.74, 6) is -0.327. The van der Waals surface area contributed by atoms with E-state index in [1.54, 1.807) is 19.5 Å². The highest BCUT2D eigenvalue weighted by atomic mass is 16.6. The number of hydrogen-bond acceptors (Lipinski definition) is 5. The Bertz CT molecular complexity index is 585. The fraction of sp³-hybridized carbons (Fsp3) is 0.429. The molecule has 0 spiro atoms. The highest BCUT2D eigenvalue weighted by Gasteiger charge is 2.53. The van der Waals surface area contributed by atoms with Crippen molar-refractivity contribution in [1.82, 2.24) is 0 Å². The van der Waals surface area contributed by atoms with E-state index < -0.39 is 0 Å². The number of rotatable bonds is 1. The Labute approximate surface area is 110 Å². The lowest BCUT2D eigenvalue weighted by atomic mass is 9.68. The molecule has 19 heavy (non-hydrogen) atoms. The molecule has 3 rings (SSSR count). The number of fused-ring (bicyclic) bond motifs is 1. The molecule has 1 aliphatic heterocycles. The number of oxime groups is 1. The van der Waals surface area contributed by atoms with E-state index in [4.69, 9.17) is 14.4 Å². The lowest BCUT2D eigenvalue weighted by molar-refractivity contribution is -0.140. The van der Waals surface area contributed by atoms with Crippen molar-refractivity contribution >= 4 is 11.7 Å². The summed E-state index contributed by atoms with van der Waals surface area (Å²) in [5, 5.41) is 12.3. The maximum absolute atomic E-state index is 12.1. The second-order valence-electron chi connectivity index (χ2n) is 5.31. The number of carbonyl (C=O) groups excluding carboxylic acids is 1. The zero-order valence-electron chi connectivity index (χ0n) is 10.8. The van der Waals surface area contributed by atoms with Crippen molar-refractivity contribution in [1.29, 1.82) is 0 Å². The standard InChI is InChI=1S/C14H15NO4/c1-8-10(15-17)3-5-14(2)11(8)13(16)19-12(14)9-4-6-18-7-9/h4,6-7,12,17H,3,5H2,1-2H3/b15-10+/t12-,14+/m0/s1. The second-order valence-corrected chi connectivity index (χ2v) is 5.31. The second kappa shape index (κ2) is 3.98. The van der Waals surface area contributed by atoms with Gasteiger partial charge in [-0.2, -0.15) is 0 Å². The number of ether oxygens (including phenoxy) is 1. The van der Waals surface area contributed by atoms with Crippen LogP contribution in [0.3, 0.4) is 0 Å². The van der Waals surface area contributed by atoms with Crippen molar-refractivity contribution < 1.29 is 19.2 Å². The van der Waals surface area contributed by atoms with E-state index in [0.29, 0.717) is 24.1 Å². The minimum atomic E-state index is -0.390. The smallest absolute Gasteiger partial charge is 0.335 e. The van der Waals surface area contributed by atoms with Crippen LogP contribution >= 0.6 is 0 Å². The SMILES string of the molecule is CC1=C2C(=O)O[C@@H](c3ccoc3)[C@]2(C)CC/C1=N\O. The van der Waals surface area contributed by atoms with Gasteiger partial charge in [0.1, 0.15) is 6.10 Å². The van der Waals surface area contributed by atoms with Gasteiger partial charge in [0.15, 0.2) is 0 Å². The fourth-order valence-electron chi connectivity index (χ4n) is 3.19. The first kappa shape index (κ1) is 12.0. The molecule has 1 fully saturated rings. The van der Waals surface area contributed by atoms with Crippen LogP contribution in [0.2, 0.25) is 0 Å². The summed E-state index contributed by atoms with van der Waals surface area (Å²) >= 11 is 0. The number of esters is 1. The maximum Gasteiger partial charge on any atom is 0.335 e. The van der Waals surface area contributed by atoms with Crippen LogP contribution in [0.25, 0.3) is 0 Å². The minimum Gasteiger partial charge on any atom is -0.472 e. The summed E-state index contributed by atoms with van der Waals surface area (Å²) in [7, 11) is 0. The number of hydrogen-bond donors (Lipinski definition) is 1. The van der Waals surface area contributed by atoms with Gasteiger partial charge in [-0.25, -0.2) is 4.79 Å². The van der Waals surface area contributed by atoms with Crippen molar-refractivity contribution in [2.45, 2.75) is 32.8 Å². The number of carbonyl (C=O) groups is 1. The molecule has 0 unspecified atom stereocenters. The number of cyclic esters (lactones) is 1. The zero-order valence-corrected chi connectivity index (χ0v) is 10.8. The molecule has 5 nitrogen and oxygen atoms in total. The van der Waals surface area contributed by atoms with Gasteiger partial charge in [0.05, 0.1) is 23.8 Å². The Balaban J connectivity index is 2.13. The zero-order chi connectivity index (χ0) is 13.6. The molecular weight excluding hydrogens is 246 g/mol. The van der Waals surface area contributed by atoms with Gasteiger partial charge in [0, 0.05) is 11.0 Å². The van der Waals surface area contributed by atoms with E-state index in [-0.39, 0.29) is 17.5 Å². The Morgan fingerprint density at radius 3 is 2.95 bits per heavy atom. The molecule has 1 saturated heterocycles. The molecule has 1 N–H and O–H groups in total. The van der Waals surface area contributed by atoms with Crippen molar-refractivity contribution in [3.8, 4) is 0 Å². The number of allylic oxidation sites excluding steroid dienone is 1. The summed E-state index contributed by atoms with van der Waals surface area (Å²) in [6.45, 7) is 3.82. The first-order valence-corrected chi connectivity index (χ1v) is 6.23. The van der Waals surface area contributed by atoms with Gasteiger partial charge in [0.25, 0.3) is 0 Å². The lowest BCUT2D eigenvalue weighted by Gasteiger charge is -2.33. The van der Waals surface area contributed by atoms with Crippen LogP contribution < -0.4 is 0 Å². The molecule has 2 atom stereocenters. The maximum atomic E-state index is 12.1. The van der Waals surface area contributed by atoms with Crippen LogP contribution in [0.1, 0.15) is 38.4 Å². The predicted molar refractivity (Wildman–Crippen MR) is 66.8 cm³/mol. The van der Waals surface area contributed by atoms with Gasteiger partial charge in [-0.3, -0.25) is 0 Å². The van der Waals surface area contributed by atoms with E-state index in [9.17, 15) is 4.79 Å². The van der Waals surface area contributed by atoms with Crippen LogP contribution in [0.5, 0.6) is 0 Å². The Hall–Kier alpha value is -2.04. The molecule has 0 radical (unpaired) electrons. The van der Waals surface area contributed by atoms with E-state index in [1.807, 2.05) is 13.0 Å². The van der Waals surface area contributed by atoms with Crippen LogP contribution in [0.4, 0.5) is 0 Å². The summed E-state index contributed by atoms with van der Waals surface area (Å²) in [4.78, 5) is 12.1. The van der Waals surface area contributed by atoms with E-state index in [1.165, 1.54) is 0 Å². The largest absolute Gasteiger partial charge is 0.472 e. The third kappa shape index (κ3) is 1.54. The van der Waals surface area contributed by atoms with Gasteiger partial charge in [-0.1, -0.05) is 12.1 Å². The summed E-state index contributed by atoms with van der Waals surface area (Å²) < 4.78 is 10.6. The molecule has 0 saturated carbocycles. The quantitative estimate of drug-likeness (QED) is 0.479. The van der Waals surface area contributed by atoms with Crippen LogP contribution in [-0.2, 0) is 9.53 Å². The van der Waals surface area contributed by atoms with Crippen molar-refractivity contribution in [3.05, 3.63) is 35.3 Å². The van der Waals surface area contributed by atoms with E-state index in [2.05, 4.69) is 5.16 Å². The Morgan fingerprint density at radius 1 is 1.53 bits per heavy atom. The highest BCUT2D eigenvalue weighted by Crippen LogP contribution is 2.55. The van der Waals surface area contributed by atoms with Gasteiger partial charge in [0.2, 0.25) is 0 Å². The first-order chi connectivity index (χ1) is 9.08. The number of nitrogens with zero attached hydrogens (tertiary/aromatic N) is 1. The molecule has 1 aromatic heterocycles. The average Bonchev–Trinajstić information content (AvgIpc) is 2.96. The molecular formula is C14H15NO4. The average molecular weight is 261 g/mol. The van der Waals surface area contributed by atoms with E-state index >= 15 is 0 Å². The fourth-order valence-corrected chi connectivity index (χ4v) is 3.19. The molecule has 100 valence electrons. The molecule has 0 amide bonds. The minimum absolute atomic E-state index is 0.327. The summed E-state index contributed by atoms with van der Waals surface area (Å²) in [5.41, 5.74) is 2.39. The normalized spacial score (nSPS) is 32.6. The molecule has 1 aromatic rings. The molecule has 1 aliphatic carbocycles. The van der Waals surface area contributed by atoms with Gasteiger partial charge >= 0.3 is 5.97 Å². The molecule has 2 aliphatic rings. The van der Waals surface area contributed by atoms with Crippen molar-refractivity contribution in [2.24, 2.45) is 10.6 Å². The number of furan rings is 1. The monoisotopic (exact) mass is 261 g/mol. The van der Waals surface area contributed by atoms with Crippen molar-refractivity contribution in [3.63, 3.8) is 0 Å². The first-order valence-electron chi connectivity index (χ1n) is 6.23. The molecule has 0 aromatic carbocycles. The van der Waals surface area contributed by atoms with E-state index in [0.717, 1.165) is 11.1 Å². The van der Waals surface area contributed by atoms with Crippen LogP contribution in [0.15, 0.2) is 39.3 Å². The third-order valence-electron chi connectivity index (χ3n) is 4.23. The molecule has 0 bridgehead atoms. The highest BCUT2D eigenvalue weighted by molar-refractivity contribution is 6.09. The lowest BCUT2D eigenvalue weighted by Crippen LogP contribution is -2.30. The van der Waals surface area contributed by atoms with Crippen molar-refractivity contribution in [2.75, 3.05) is 0 Å². The molecule has 2 heterocycles. The van der Waals surface area contributed by atoms with Gasteiger partial charge in [-0.05, 0) is 31.4 Å². The Morgan fingerprint density at radius 2 is 2.32 bits per heavy atom. The van der Waals surface area contributed by atoms with Crippen LogP contribution in [-0.4, -0.2) is 16.9 Å². The van der Waals surface area contributed by atoms with Crippen LogP contribution in [0, 0.1) is 5.41 Å². The predicted octanol–water partition coefficient (Wildman–Crippen LogP) is 2.82. The summed E-state index contributed by atoms with van der Waals surface area (Å²) in [6.07, 6.45) is 4.19. The van der Waals surface area contributed by atoms with Gasteiger partial charge < -0.3 is 14.4 Å². The Kier molecular flexibility index (Phi) is 2.52. The molecule has 5 heteroatoms. The summed E-state index contributed by atoms with van der Waals surface area (Å²) in [6, 6.07) is 1.82. The topological polar surface area (TPSA) is 72.0 Å². The van der Waals surface area contributed by atoms with Gasteiger partial charge in [-0.15, -0.1) is 0 Å². The third-order valence-corrected chi connectivity index (χ3v) is 4.23.